The first-order valence-electron chi connectivity index (χ1n) is 7.75. The molecule has 0 aliphatic heterocycles. The third-order valence-corrected chi connectivity index (χ3v) is 3.98. The van der Waals surface area contributed by atoms with Crippen LogP contribution >= 0.6 is 12.2 Å². The van der Waals surface area contributed by atoms with Crippen LogP contribution in [0.15, 0.2) is 57.7 Å². The number of amides is 1. The predicted molar refractivity (Wildman–Crippen MR) is 104 cm³/mol. The average Bonchev–Trinajstić information content (AvgIpc) is 2.61. The first-order chi connectivity index (χ1) is 12.8. The van der Waals surface area contributed by atoms with Crippen LogP contribution in [0.2, 0.25) is 0 Å². The van der Waals surface area contributed by atoms with Crippen LogP contribution in [0.1, 0.15) is 15.9 Å². The van der Waals surface area contributed by atoms with Crippen molar-refractivity contribution >= 4 is 45.6 Å². The number of carbonyl (C=O) groups is 1. The van der Waals surface area contributed by atoms with Crippen molar-refractivity contribution in [2.75, 3.05) is 5.32 Å². The topological polar surface area (TPSA) is 114 Å². The van der Waals surface area contributed by atoms with Crippen LogP contribution in [0.4, 0.5) is 11.4 Å². The molecule has 3 rings (SSSR count). The quantitative estimate of drug-likeness (QED) is 0.309. The average molecular weight is 383 g/mol. The molecule has 8 nitrogen and oxygen atoms in total. The van der Waals surface area contributed by atoms with Crippen LogP contribution in [-0.2, 0) is 0 Å². The number of benzene rings is 2. The maximum atomic E-state index is 12.3. The van der Waals surface area contributed by atoms with Gasteiger partial charge in [-0.05, 0) is 49.5 Å². The van der Waals surface area contributed by atoms with Gasteiger partial charge in [-0.3, -0.25) is 20.2 Å². The summed E-state index contributed by atoms with van der Waals surface area (Å²) in [6.07, 6.45) is 0. The van der Waals surface area contributed by atoms with E-state index >= 15 is 0 Å². The fourth-order valence-electron chi connectivity index (χ4n) is 2.43. The molecule has 1 amide bonds. The minimum absolute atomic E-state index is 0.0277. The Morgan fingerprint density at radius 2 is 1.93 bits per heavy atom. The predicted octanol–water partition coefficient (Wildman–Crippen LogP) is 3.14. The van der Waals surface area contributed by atoms with Gasteiger partial charge in [0, 0.05) is 34.3 Å². The molecule has 0 radical (unpaired) electrons. The van der Waals surface area contributed by atoms with E-state index in [-0.39, 0.29) is 16.4 Å². The fraction of sp³-hybridized carbons (Fsp3) is 0.0556. The van der Waals surface area contributed by atoms with E-state index in [1.54, 1.807) is 31.2 Å². The lowest BCUT2D eigenvalue weighted by Crippen LogP contribution is -2.34. The van der Waals surface area contributed by atoms with Crippen LogP contribution in [0, 0.1) is 17.0 Å². The van der Waals surface area contributed by atoms with Gasteiger partial charge in [0.1, 0.15) is 5.58 Å². The summed E-state index contributed by atoms with van der Waals surface area (Å²) in [6, 6.07) is 12.0. The molecule has 3 aromatic rings. The van der Waals surface area contributed by atoms with Gasteiger partial charge in [-0.25, -0.2) is 4.79 Å². The van der Waals surface area contributed by atoms with Crippen LogP contribution in [0.3, 0.4) is 0 Å². The second-order valence-corrected chi connectivity index (χ2v) is 6.08. The van der Waals surface area contributed by atoms with Crippen molar-refractivity contribution in [3.8, 4) is 0 Å². The highest BCUT2D eigenvalue weighted by atomic mass is 32.1. The molecular formula is C18H13N3O5S. The highest BCUT2D eigenvalue weighted by Crippen LogP contribution is 2.20. The Bertz CT molecular complexity index is 1140. The summed E-state index contributed by atoms with van der Waals surface area (Å²) in [6.45, 7) is 1.59. The summed E-state index contributed by atoms with van der Waals surface area (Å²) in [5, 5.41) is 17.0. The third-order valence-electron chi connectivity index (χ3n) is 3.77. The van der Waals surface area contributed by atoms with Crippen molar-refractivity contribution in [3.05, 3.63) is 80.2 Å². The Morgan fingerprint density at radius 3 is 2.67 bits per heavy atom. The Morgan fingerprint density at radius 1 is 1.15 bits per heavy atom. The molecular weight excluding hydrogens is 370 g/mol. The first-order valence-corrected chi connectivity index (χ1v) is 8.15. The molecule has 27 heavy (non-hydrogen) atoms. The first kappa shape index (κ1) is 18.2. The van der Waals surface area contributed by atoms with E-state index in [0.29, 0.717) is 22.2 Å². The number of rotatable bonds is 3. The number of hydrogen-bond donors (Lipinski definition) is 2. The van der Waals surface area contributed by atoms with Gasteiger partial charge in [-0.1, -0.05) is 6.07 Å². The van der Waals surface area contributed by atoms with Crippen LogP contribution in [0.25, 0.3) is 11.0 Å². The lowest BCUT2D eigenvalue weighted by Gasteiger charge is -2.10. The largest absolute Gasteiger partial charge is 0.423 e. The van der Waals surface area contributed by atoms with Gasteiger partial charge >= 0.3 is 5.63 Å². The number of nitro benzene ring substituents is 1. The van der Waals surface area contributed by atoms with Crippen molar-refractivity contribution in [3.63, 3.8) is 0 Å². The van der Waals surface area contributed by atoms with E-state index in [1.807, 2.05) is 0 Å². The summed E-state index contributed by atoms with van der Waals surface area (Å²) in [5.74, 6) is -0.567. The standard InChI is InChI=1S/C18H13N3O5S/c1-10-2-3-12(9-14(10)21(24)25)17(23)20-18(27)19-13-5-6-15-11(8-13)4-7-16(22)26-15/h2-9H,1H3,(H2,19,20,23,27). The molecule has 0 spiro atoms. The summed E-state index contributed by atoms with van der Waals surface area (Å²) < 4.78 is 5.04. The molecule has 0 unspecified atom stereocenters. The van der Waals surface area contributed by atoms with Gasteiger partial charge in [-0.15, -0.1) is 0 Å². The van der Waals surface area contributed by atoms with Gasteiger partial charge in [0.2, 0.25) is 0 Å². The highest BCUT2D eigenvalue weighted by Gasteiger charge is 2.15. The molecule has 2 N–H and O–H groups in total. The maximum Gasteiger partial charge on any atom is 0.336 e. The van der Waals surface area contributed by atoms with Gasteiger partial charge in [0.15, 0.2) is 5.11 Å². The molecule has 0 saturated heterocycles. The lowest BCUT2D eigenvalue weighted by molar-refractivity contribution is -0.385. The third kappa shape index (κ3) is 4.15. The van der Waals surface area contributed by atoms with Gasteiger partial charge in [0.05, 0.1) is 4.92 Å². The maximum absolute atomic E-state index is 12.3. The van der Waals surface area contributed by atoms with Crippen LogP contribution < -0.4 is 16.3 Å². The smallest absolute Gasteiger partial charge is 0.336 e. The number of hydrogen-bond acceptors (Lipinski definition) is 6. The summed E-state index contributed by atoms with van der Waals surface area (Å²) >= 11 is 5.12. The zero-order valence-corrected chi connectivity index (χ0v) is 14.8. The van der Waals surface area contributed by atoms with Crippen molar-refractivity contribution in [2.24, 2.45) is 0 Å². The fourth-order valence-corrected chi connectivity index (χ4v) is 2.65. The normalized spacial score (nSPS) is 10.4. The number of nitrogens with one attached hydrogen (secondary N) is 2. The molecule has 1 heterocycles. The number of thiocarbonyl (C=S) groups is 1. The second-order valence-electron chi connectivity index (χ2n) is 5.67. The van der Waals surface area contributed by atoms with E-state index in [0.717, 1.165) is 0 Å². The zero-order chi connectivity index (χ0) is 19.6. The Labute approximate surface area is 158 Å². The van der Waals surface area contributed by atoms with Crippen molar-refractivity contribution in [1.82, 2.24) is 5.32 Å². The van der Waals surface area contributed by atoms with Crippen molar-refractivity contribution in [2.45, 2.75) is 6.92 Å². The van der Waals surface area contributed by atoms with Gasteiger partial charge in [0.25, 0.3) is 11.6 Å². The number of carbonyl (C=O) groups excluding carboxylic acids is 1. The summed E-state index contributed by atoms with van der Waals surface area (Å²) in [5.41, 5.74) is 0.999. The molecule has 0 saturated carbocycles. The van der Waals surface area contributed by atoms with E-state index in [4.69, 9.17) is 16.6 Å². The molecule has 0 bridgehead atoms. The SMILES string of the molecule is Cc1ccc(C(=O)NC(=S)Nc2ccc3oc(=O)ccc3c2)cc1[N+](=O)[O-]. The number of fused-ring (bicyclic) bond motifs is 1. The van der Waals surface area contributed by atoms with Crippen molar-refractivity contribution < 1.29 is 14.1 Å². The molecule has 2 aromatic carbocycles. The van der Waals surface area contributed by atoms with E-state index < -0.39 is 16.5 Å². The minimum atomic E-state index is -0.567. The van der Waals surface area contributed by atoms with Gasteiger partial charge in [-0.2, -0.15) is 0 Å². The lowest BCUT2D eigenvalue weighted by atomic mass is 10.1. The summed E-state index contributed by atoms with van der Waals surface area (Å²) in [4.78, 5) is 33.9. The molecule has 0 aliphatic carbocycles. The number of aryl methyl sites for hydroxylation is 1. The zero-order valence-electron chi connectivity index (χ0n) is 14.0. The highest BCUT2D eigenvalue weighted by molar-refractivity contribution is 7.80. The van der Waals surface area contributed by atoms with Gasteiger partial charge < -0.3 is 9.73 Å². The number of nitro groups is 1. The Balaban J connectivity index is 1.73. The molecule has 0 aliphatic rings. The second kappa shape index (κ2) is 7.34. The minimum Gasteiger partial charge on any atom is -0.423 e. The number of nitrogens with zero attached hydrogens (tertiary/aromatic N) is 1. The molecule has 9 heteroatoms. The van der Waals surface area contributed by atoms with E-state index in [1.165, 1.54) is 24.3 Å². The van der Waals surface area contributed by atoms with Crippen LogP contribution in [0.5, 0.6) is 0 Å². The van der Waals surface area contributed by atoms with Crippen LogP contribution in [-0.4, -0.2) is 15.9 Å². The van der Waals surface area contributed by atoms with E-state index in [9.17, 15) is 19.7 Å². The molecule has 136 valence electrons. The summed E-state index contributed by atoms with van der Waals surface area (Å²) in [7, 11) is 0. The van der Waals surface area contributed by atoms with Crippen molar-refractivity contribution in [1.29, 1.82) is 0 Å². The monoisotopic (exact) mass is 383 g/mol. The van der Waals surface area contributed by atoms with E-state index in [2.05, 4.69) is 10.6 Å². The molecule has 1 aromatic heterocycles. The Kier molecular flexibility index (Phi) is 4.95. The number of anilines is 1. The molecule has 0 atom stereocenters. The Hall–Kier alpha value is -3.59. The molecule has 0 fully saturated rings.